The Morgan fingerprint density at radius 3 is 2.95 bits per heavy atom. The van der Waals surface area contributed by atoms with Crippen LogP contribution in [-0.2, 0) is 0 Å². The number of aromatic amines is 1. The van der Waals surface area contributed by atoms with E-state index in [0.717, 1.165) is 22.0 Å². The van der Waals surface area contributed by atoms with Gasteiger partial charge in [-0.2, -0.15) is 0 Å². The number of fused-ring (bicyclic) bond motifs is 1. The molecule has 6 heteroatoms. The Bertz CT molecular complexity index is 832. The second kappa shape index (κ2) is 5.41. The Hall–Kier alpha value is -2.60. The van der Waals surface area contributed by atoms with Crippen molar-refractivity contribution in [3.63, 3.8) is 0 Å². The highest BCUT2D eigenvalue weighted by Gasteiger charge is 2.16. The lowest BCUT2D eigenvalue weighted by Crippen LogP contribution is -1.99. The average Bonchev–Trinajstić information content (AvgIpc) is 3.12. The third-order valence-corrected chi connectivity index (χ3v) is 4.00. The van der Waals surface area contributed by atoms with E-state index in [1.54, 1.807) is 12.4 Å². The molecular weight excluding hydrogens is 286 g/mol. The van der Waals surface area contributed by atoms with E-state index in [0.29, 0.717) is 5.01 Å². The summed E-state index contributed by atoms with van der Waals surface area (Å²) in [6.07, 6.45) is 3.75. The topological polar surface area (TPSA) is 78.0 Å². The molecule has 0 radical (unpaired) electrons. The molecule has 3 aromatic rings. The number of hydrogen-bond donors (Lipinski definition) is 3. The van der Waals surface area contributed by atoms with E-state index in [4.69, 9.17) is 5.11 Å². The van der Waals surface area contributed by atoms with Gasteiger partial charge in [-0.05, 0) is 6.07 Å². The highest BCUT2D eigenvalue weighted by Crippen LogP contribution is 2.31. The van der Waals surface area contributed by atoms with Crippen LogP contribution in [-0.4, -0.2) is 28.1 Å². The van der Waals surface area contributed by atoms with Crippen molar-refractivity contribution in [2.24, 2.45) is 0 Å². The Kier molecular flexibility index (Phi) is 3.45. The fraction of sp³-hybridized carbons (Fsp3) is 0.0667. The first kappa shape index (κ1) is 13.4. The molecule has 0 saturated carbocycles. The molecule has 0 fully saturated rings. The van der Waals surface area contributed by atoms with Crippen molar-refractivity contribution in [2.75, 3.05) is 7.05 Å². The maximum atomic E-state index is 11.0. The lowest BCUT2D eigenvalue weighted by molar-refractivity contribution is 0.0691. The first-order chi connectivity index (χ1) is 10.2. The number of nitrogens with one attached hydrogen (secondary N) is 2. The Balaban J connectivity index is 2.14. The van der Waals surface area contributed by atoms with E-state index in [2.05, 4.69) is 15.3 Å². The number of benzene rings is 1. The standard InChI is InChI=1S/C15H13N3O2S/c1-16-6-11(14-18-13(8-21-14)15(19)20)10-7-17-12-5-3-2-4-9(10)12/h2-8,16-17H,1H3,(H,19,20). The van der Waals surface area contributed by atoms with Gasteiger partial charge in [0.2, 0.25) is 0 Å². The van der Waals surface area contributed by atoms with E-state index >= 15 is 0 Å². The summed E-state index contributed by atoms with van der Waals surface area (Å²) in [4.78, 5) is 18.4. The van der Waals surface area contributed by atoms with Crippen molar-refractivity contribution in [3.05, 3.63) is 58.3 Å². The molecule has 2 heterocycles. The van der Waals surface area contributed by atoms with E-state index < -0.39 is 5.97 Å². The van der Waals surface area contributed by atoms with Crippen LogP contribution < -0.4 is 5.32 Å². The summed E-state index contributed by atoms with van der Waals surface area (Å²) in [5.41, 5.74) is 2.96. The van der Waals surface area contributed by atoms with Crippen LogP contribution in [0.3, 0.4) is 0 Å². The van der Waals surface area contributed by atoms with E-state index in [9.17, 15) is 4.79 Å². The first-order valence-corrected chi connectivity index (χ1v) is 7.22. The third-order valence-electron chi connectivity index (χ3n) is 3.12. The smallest absolute Gasteiger partial charge is 0.355 e. The van der Waals surface area contributed by atoms with Crippen molar-refractivity contribution in [1.82, 2.24) is 15.3 Å². The van der Waals surface area contributed by atoms with Crippen molar-refractivity contribution in [3.8, 4) is 0 Å². The normalized spacial score (nSPS) is 11.8. The Morgan fingerprint density at radius 2 is 2.24 bits per heavy atom. The van der Waals surface area contributed by atoms with Crippen LogP contribution >= 0.6 is 11.3 Å². The summed E-state index contributed by atoms with van der Waals surface area (Å²) in [6, 6.07) is 7.97. The van der Waals surface area contributed by atoms with Crippen LogP contribution in [0.1, 0.15) is 21.1 Å². The molecule has 0 atom stereocenters. The largest absolute Gasteiger partial charge is 0.476 e. The van der Waals surface area contributed by atoms with Gasteiger partial charge in [0.15, 0.2) is 5.69 Å². The Morgan fingerprint density at radius 1 is 1.43 bits per heavy atom. The molecule has 3 N–H and O–H groups in total. The minimum absolute atomic E-state index is 0.0665. The summed E-state index contributed by atoms with van der Waals surface area (Å²) in [5, 5.41) is 15.3. The van der Waals surface area contributed by atoms with Gasteiger partial charge in [0.05, 0.1) is 0 Å². The first-order valence-electron chi connectivity index (χ1n) is 6.34. The molecule has 0 bridgehead atoms. The van der Waals surface area contributed by atoms with E-state index in [1.165, 1.54) is 11.3 Å². The van der Waals surface area contributed by atoms with Crippen molar-refractivity contribution in [1.29, 1.82) is 0 Å². The van der Waals surface area contributed by atoms with Crippen molar-refractivity contribution in [2.45, 2.75) is 0 Å². The zero-order valence-corrected chi connectivity index (χ0v) is 12.1. The molecule has 0 aliphatic rings. The molecule has 0 spiro atoms. The van der Waals surface area contributed by atoms with Crippen LogP contribution in [0.5, 0.6) is 0 Å². The number of carbonyl (C=O) groups is 1. The van der Waals surface area contributed by atoms with E-state index in [1.807, 2.05) is 36.7 Å². The molecule has 3 rings (SSSR count). The zero-order valence-electron chi connectivity index (χ0n) is 11.3. The van der Waals surface area contributed by atoms with Crippen molar-refractivity contribution >= 4 is 33.8 Å². The van der Waals surface area contributed by atoms with Crippen LogP contribution in [0.15, 0.2) is 42.0 Å². The van der Waals surface area contributed by atoms with Gasteiger partial charge < -0.3 is 15.4 Å². The fourth-order valence-corrected chi connectivity index (χ4v) is 3.01. The summed E-state index contributed by atoms with van der Waals surface area (Å²) in [7, 11) is 1.81. The van der Waals surface area contributed by atoms with Gasteiger partial charge >= 0.3 is 5.97 Å². The quantitative estimate of drug-likeness (QED) is 0.692. The highest BCUT2D eigenvalue weighted by molar-refractivity contribution is 7.11. The van der Waals surface area contributed by atoms with Gasteiger partial charge in [-0.25, -0.2) is 9.78 Å². The second-order valence-electron chi connectivity index (χ2n) is 4.44. The van der Waals surface area contributed by atoms with Gasteiger partial charge in [0.25, 0.3) is 0 Å². The number of para-hydroxylation sites is 1. The minimum atomic E-state index is -1.01. The number of hydrogen-bond acceptors (Lipinski definition) is 4. The molecule has 5 nitrogen and oxygen atoms in total. The number of rotatable bonds is 4. The number of carboxylic acid groups (broad SMARTS) is 1. The molecule has 1 aromatic carbocycles. The minimum Gasteiger partial charge on any atom is -0.476 e. The zero-order chi connectivity index (χ0) is 14.8. The van der Waals surface area contributed by atoms with E-state index in [-0.39, 0.29) is 5.69 Å². The number of thiazole rings is 1. The predicted molar refractivity (Wildman–Crippen MR) is 83.5 cm³/mol. The Labute approximate surface area is 125 Å². The molecule has 2 aromatic heterocycles. The number of aromatic nitrogens is 2. The molecule has 0 aliphatic carbocycles. The summed E-state index contributed by atoms with van der Waals surface area (Å²) < 4.78 is 0. The van der Waals surface area contributed by atoms with Crippen LogP contribution in [0, 0.1) is 0 Å². The lowest BCUT2D eigenvalue weighted by atomic mass is 10.1. The molecule has 21 heavy (non-hydrogen) atoms. The molecule has 0 amide bonds. The second-order valence-corrected chi connectivity index (χ2v) is 5.30. The molecule has 0 aliphatic heterocycles. The third kappa shape index (κ3) is 2.41. The molecule has 0 saturated heterocycles. The fourth-order valence-electron chi connectivity index (χ4n) is 2.19. The van der Waals surface area contributed by atoms with Gasteiger partial charge in [-0.15, -0.1) is 11.3 Å². The highest BCUT2D eigenvalue weighted by atomic mass is 32.1. The van der Waals surface area contributed by atoms with Crippen LogP contribution in [0.2, 0.25) is 0 Å². The maximum Gasteiger partial charge on any atom is 0.355 e. The molecular formula is C15H13N3O2S. The van der Waals surface area contributed by atoms with Crippen LogP contribution in [0.25, 0.3) is 16.5 Å². The summed E-state index contributed by atoms with van der Waals surface area (Å²) in [6.45, 7) is 0. The predicted octanol–water partition coefficient (Wildman–Crippen LogP) is 2.93. The van der Waals surface area contributed by atoms with Crippen LogP contribution in [0.4, 0.5) is 0 Å². The molecule has 106 valence electrons. The monoisotopic (exact) mass is 299 g/mol. The average molecular weight is 299 g/mol. The maximum absolute atomic E-state index is 11.0. The van der Waals surface area contributed by atoms with Gasteiger partial charge in [-0.1, -0.05) is 18.2 Å². The SMILES string of the molecule is CNC=C(c1nc(C(=O)O)cs1)c1c[nH]c2ccccc12. The molecule has 0 unspecified atom stereocenters. The number of nitrogens with zero attached hydrogens (tertiary/aromatic N) is 1. The summed E-state index contributed by atoms with van der Waals surface area (Å²) >= 11 is 1.32. The lowest BCUT2D eigenvalue weighted by Gasteiger charge is -2.03. The summed E-state index contributed by atoms with van der Waals surface area (Å²) in [5.74, 6) is -1.01. The van der Waals surface area contributed by atoms with Crippen molar-refractivity contribution < 1.29 is 9.90 Å². The number of aromatic carboxylic acids is 1. The van der Waals surface area contributed by atoms with Gasteiger partial charge in [0, 0.05) is 46.9 Å². The number of H-pyrrole nitrogens is 1. The van der Waals surface area contributed by atoms with Gasteiger partial charge in [0.1, 0.15) is 5.01 Å². The van der Waals surface area contributed by atoms with Gasteiger partial charge in [-0.3, -0.25) is 0 Å². The number of carboxylic acids is 1.